The third kappa shape index (κ3) is 4.67. The largest absolute Gasteiger partial charge is 0.444 e. The Morgan fingerprint density at radius 2 is 1.90 bits per heavy atom. The quantitative estimate of drug-likeness (QED) is 0.400. The first-order valence-corrected chi connectivity index (χ1v) is 10.6. The van der Waals surface area contributed by atoms with Crippen LogP contribution >= 0.6 is 0 Å². The molecule has 0 atom stereocenters. The van der Waals surface area contributed by atoms with Crippen molar-refractivity contribution in [1.29, 1.82) is 0 Å². The van der Waals surface area contributed by atoms with Gasteiger partial charge in [0.15, 0.2) is 5.58 Å². The van der Waals surface area contributed by atoms with E-state index in [0.717, 1.165) is 37.0 Å². The van der Waals surface area contributed by atoms with E-state index in [1.165, 1.54) is 0 Å². The summed E-state index contributed by atoms with van der Waals surface area (Å²) >= 11 is 0. The van der Waals surface area contributed by atoms with E-state index in [1.54, 1.807) is 24.5 Å². The van der Waals surface area contributed by atoms with Gasteiger partial charge in [-0.3, -0.25) is 4.79 Å². The van der Waals surface area contributed by atoms with Gasteiger partial charge in [0, 0.05) is 17.7 Å². The van der Waals surface area contributed by atoms with Crippen LogP contribution in [0.1, 0.15) is 30.6 Å². The summed E-state index contributed by atoms with van der Waals surface area (Å²) in [4.78, 5) is 19.5. The second-order valence-electron chi connectivity index (χ2n) is 7.28. The molecule has 1 N–H and O–H groups in total. The Labute approximate surface area is 181 Å². The van der Waals surface area contributed by atoms with Crippen molar-refractivity contribution in [1.82, 2.24) is 20.4 Å². The molecule has 0 radical (unpaired) electrons. The van der Waals surface area contributed by atoms with E-state index in [-0.39, 0.29) is 5.91 Å². The van der Waals surface area contributed by atoms with Gasteiger partial charge in [-0.15, -0.1) is 0 Å². The number of nitrogens with one attached hydrogen (secondary N) is 1. The number of carbonyl (C=O) groups is 1. The van der Waals surface area contributed by atoms with Gasteiger partial charge in [-0.25, -0.2) is 4.98 Å². The van der Waals surface area contributed by atoms with Crippen LogP contribution in [-0.2, 0) is 0 Å². The smallest absolute Gasteiger partial charge is 0.251 e. The standard InChI is InChI=1S/C24H26N4O3/c1-3-28(4-2)14-8-13-25-23(29)18-11-12-21-19(15-18)22(27-31-21)20-16-30-24(26-20)17-9-6-5-7-10-17/h5-7,9-12,15-16H,3-4,8,13-14H2,1-2H3,(H,25,29). The predicted octanol–water partition coefficient (Wildman–Crippen LogP) is 4.61. The summed E-state index contributed by atoms with van der Waals surface area (Å²) in [6.45, 7) is 7.93. The van der Waals surface area contributed by atoms with E-state index < -0.39 is 0 Å². The van der Waals surface area contributed by atoms with Crippen LogP contribution in [0.15, 0.2) is 63.7 Å². The van der Waals surface area contributed by atoms with E-state index >= 15 is 0 Å². The summed E-state index contributed by atoms with van der Waals surface area (Å²) < 4.78 is 11.1. The molecule has 31 heavy (non-hydrogen) atoms. The minimum atomic E-state index is -0.112. The van der Waals surface area contributed by atoms with Gasteiger partial charge < -0.3 is 19.2 Å². The number of fused-ring (bicyclic) bond motifs is 1. The van der Waals surface area contributed by atoms with Crippen LogP contribution in [0.2, 0.25) is 0 Å². The minimum Gasteiger partial charge on any atom is -0.444 e. The third-order valence-corrected chi connectivity index (χ3v) is 5.33. The topological polar surface area (TPSA) is 84.4 Å². The second kappa shape index (κ2) is 9.57. The molecule has 0 aliphatic carbocycles. The lowest BCUT2D eigenvalue weighted by molar-refractivity contribution is 0.0952. The van der Waals surface area contributed by atoms with Gasteiger partial charge in [0.05, 0.1) is 5.39 Å². The van der Waals surface area contributed by atoms with E-state index in [0.29, 0.717) is 35.0 Å². The van der Waals surface area contributed by atoms with Crippen LogP contribution in [-0.4, -0.2) is 47.1 Å². The van der Waals surface area contributed by atoms with Crippen molar-refractivity contribution in [2.75, 3.05) is 26.2 Å². The third-order valence-electron chi connectivity index (χ3n) is 5.33. The maximum atomic E-state index is 12.6. The number of amides is 1. The molecular formula is C24H26N4O3. The average molecular weight is 418 g/mol. The first kappa shape index (κ1) is 20.8. The maximum Gasteiger partial charge on any atom is 0.251 e. The minimum absolute atomic E-state index is 0.112. The van der Waals surface area contributed by atoms with Gasteiger partial charge in [-0.2, -0.15) is 0 Å². The summed E-state index contributed by atoms with van der Waals surface area (Å²) in [6, 6.07) is 14.9. The molecule has 7 heteroatoms. The van der Waals surface area contributed by atoms with Crippen molar-refractivity contribution in [3.05, 3.63) is 60.4 Å². The number of hydrogen-bond acceptors (Lipinski definition) is 6. The van der Waals surface area contributed by atoms with Crippen LogP contribution in [0.4, 0.5) is 0 Å². The van der Waals surface area contributed by atoms with Gasteiger partial charge in [0.1, 0.15) is 17.7 Å². The van der Waals surface area contributed by atoms with Gasteiger partial charge in [0.2, 0.25) is 5.89 Å². The van der Waals surface area contributed by atoms with Crippen molar-refractivity contribution in [2.24, 2.45) is 0 Å². The molecule has 0 aliphatic heterocycles. The number of hydrogen-bond donors (Lipinski definition) is 1. The number of oxazole rings is 1. The highest BCUT2D eigenvalue weighted by Gasteiger charge is 2.17. The molecule has 0 bridgehead atoms. The van der Waals surface area contributed by atoms with Crippen molar-refractivity contribution in [2.45, 2.75) is 20.3 Å². The van der Waals surface area contributed by atoms with E-state index in [1.807, 2.05) is 30.3 Å². The van der Waals surface area contributed by atoms with Crippen molar-refractivity contribution in [3.8, 4) is 22.8 Å². The molecule has 160 valence electrons. The number of rotatable bonds is 9. The number of aromatic nitrogens is 2. The van der Waals surface area contributed by atoms with Gasteiger partial charge in [0.25, 0.3) is 5.91 Å². The summed E-state index contributed by atoms with van der Waals surface area (Å²) in [5, 5.41) is 7.87. The lowest BCUT2D eigenvalue weighted by Crippen LogP contribution is -2.29. The summed E-state index contributed by atoms with van der Waals surface area (Å²) in [5.74, 6) is 0.396. The molecule has 0 fully saturated rings. The normalized spacial score (nSPS) is 11.3. The molecule has 0 spiro atoms. The molecule has 7 nitrogen and oxygen atoms in total. The van der Waals surface area contributed by atoms with Crippen molar-refractivity contribution >= 4 is 16.9 Å². The number of benzene rings is 2. The zero-order valence-electron chi connectivity index (χ0n) is 17.8. The molecule has 0 unspecified atom stereocenters. The monoisotopic (exact) mass is 418 g/mol. The molecular weight excluding hydrogens is 392 g/mol. The lowest BCUT2D eigenvalue weighted by atomic mass is 10.1. The molecule has 2 heterocycles. The van der Waals surface area contributed by atoms with Crippen molar-refractivity contribution in [3.63, 3.8) is 0 Å². The number of carbonyl (C=O) groups excluding carboxylic acids is 1. The zero-order chi connectivity index (χ0) is 21.6. The fraction of sp³-hybridized carbons (Fsp3) is 0.292. The SMILES string of the molecule is CCN(CC)CCCNC(=O)c1ccc2onc(-c3coc(-c4ccccc4)n3)c2c1. The van der Waals surface area contributed by atoms with Crippen LogP contribution in [0.3, 0.4) is 0 Å². The molecule has 0 saturated carbocycles. The Hall–Kier alpha value is -3.45. The predicted molar refractivity (Wildman–Crippen MR) is 120 cm³/mol. The summed E-state index contributed by atoms with van der Waals surface area (Å²) in [7, 11) is 0. The Balaban J connectivity index is 1.49. The molecule has 1 amide bonds. The summed E-state index contributed by atoms with van der Waals surface area (Å²) in [6.07, 6.45) is 2.47. The molecule has 4 aromatic rings. The average Bonchev–Trinajstić information content (AvgIpc) is 3.46. The fourth-order valence-electron chi connectivity index (χ4n) is 3.51. The van der Waals surface area contributed by atoms with E-state index in [2.05, 4.69) is 34.2 Å². The van der Waals surface area contributed by atoms with E-state index in [9.17, 15) is 4.79 Å². The zero-order valence-corrected chi connectivity index (χ0v) is 17.8. The first-order valence-electron chi connectivity index (χ1n) is 10.6. The van der Waals surface area contributed by atoms with Crippen LogP contribution in [0.5, 0.6) is 0 Å². The fourth-order valence-corrected chi connectivity index (χ4v) is 3.51. The highest BCUT2D eigenvalue weighted by Crippen LogP contribution is 2.30. The highest BCUT2D eigenvalue weighted by atomic mass is 16.5. The Morgan fingerprint density at radius 1 is 1.10 bits per heavy atom. The maximum absolute atomic E-state index is 12.6. The van der Waals surface area contributed by atoms with Gasteiger partial charge in [-0.1, -0.05) is 37.2 Å². The highest BCUT2D eigenvalue weighted by molar-refractivity contribution is 6.00. The Bertz CT molecular complexity index is 1150. The van der Waals surface area contributed by atoms with Gasteiger partial charge in [-0.05, 0) is 56.4 Å². The molecule has 0 saturated heterocycles. The number of nitrogens with zero attached hydrogens (tertiary/aromatic N) is 3. The molecule has 0 aliphatic rings. The first-order chi connectivity index (χ1) is 15.2. The Kier molecular flexibility index (Phi) is 6.43. The van der Waals surface area contributed by atoms with Crippen molar-refractivity contribution < 1.29 is 13.7 Å². The summed E-state index contributed by atoms with van der Waals surface area (Å²) in [5.41, 5.74) is 3.15. The van der Waals surface area contributed by atoms with Crippen LogP contribution < -0.4 is 5.32 Å². The van der Waals surface area contributed by atoms with E-state index in [4.69, 9.17) is 8.94 Å². The molecule has 4 rings (SSSR count). The lowest BCUT2D eigenvalue weighted by Gasteiger charge is -2.17. The molecule has 2 aromatic heterocycles. The Morgan fingerprint density at radius 3 is 2.68 bits per heavy atom. The van der Waals surface area contributed by atoms with Crippen LogP contribution in [0, 0.1) is 0 Å². The second-order valence-corrected chi connectivity index (χ2v) is 7.28. The van der Waals surface area contributed by atoms with Gasteiger partial charge >= 0.3 is 0 Å². The van der Waals surface area contributed by atoms with Crippen LogP contribution in [0.25, 0.3) is 33.8 Å². The molecule has 2 aromatic carbocycles.